The molecule has 1 aromatic heterocycles. The number of rotatable bonds is 2. The minimum Gasteiger partial charge on any atom is -0.298 e. The molecule has 0 saturated heterocycles. The Morgan fingerprint density at radius 2 is 2.00 bits per heavy atom. The number of amides is 1. The summed E-state index contributed by atoms with van der Waals surface area (Å²) in [6, 6.07) is 8.87. The predicted octanol–water partition coefficient (Wildman–Crippen LogP) is 4.99. The van der Waals surface area contributed by atoms with Gasteiger partial charge in [-0.2, -0.15) is 0 Å². The lowest BCUT2D eigenvalue weighted by molar-refractivity contribution is 0.102. The lowest BCUT2D eigenvalue weighted by Gasteiger charge is -2.04. The Morgan fingerprint density at radius 1 is 1.19 bits per heavy atom. The van der Waals surface area contributed by atoms with E-state index in [1.165, 1.54) is 29.5 Å². The van der Waals surface area contributed by atoms with E-state index < -0.39 is 5.91 Å². The summed E-state index contributed by atoms with van der Waals surface area (Å²) >= 11 is 13.0. The molecule has 0 aliphatic carbocycles. The summed E-state index contributed by atoms with van der Waals surface area (Å²) in [5.74, 6) is -0.760. The number of benzene rings is 2. The number of hydrogen-bond donors (Lipinski definition) is 1. The minimum absolute atomic E-state index is 0.259. The average molecular weight is 341 g/mol. The van der Waals surface area contributed by atoms with E-state index in [9.17, 15) is 9.18 Å². The number of anilines is 1. The molecular formula is C14H7Cl2FN2OS. The minimum atomic E-state index is -0.415. The highest BCUT2D eigenvalue weighted by atomic mass is 35.5. The molecule has 0 bridgehead atoms. The molecule has 3 aromatic rings. The van der Waals surface area contributed by atoms with Gasteiger partial charge in [0.05, 0.1) is 20.8 Å². The molecule has 7 heteroatoms. The van der Waals surface area contributed by atoms with Crippen LogP contribution in [-0.4, -0.2) is 10.9 Å². The van der Waals surface area contributed by atoms with Crippen LogP contribution in [0.2, 0.25) is 10.0 Å². The highest BCUT2D eigenvalue weighted by Crippen LogP contribution is 2.28. The van der Waals surface area contributed by atoms with Gasteiger partial charge in [0.1, 0.15) is 5.82 Å². The van der Waals surface area contributed by atoms with E-state index in [1.807, 2.05) is 0 Å². The summed E-state index contributed by atoms with van der Waals surface area (Å²) in [7, 11) is 0. The van der Waals surface area contributed by atoms with E-state index in [-0.39, 0.29) is 11.4 Å². The van der Waals surface area contributed by atoms with Crippen molar-refractivity contribution in [3.8, 4) is 0 Å². The lowest BCUT2D eigenvalue weighted by atomic mass is 10.2. The van der Waals surface area contributed by atoms with Crippen LogP contribution in [0.3, 0.4) is 0 Å². The fourth-order valence-corrected chi connectivity index (χ4v) is 3.05. The maximum Gasteiger partial charge on any atom is 0.259 e. The number of nitrogens with zero attached hydrogens (tertiary/aromatic N) is 1. The molecule has 0 atom stereocenters. The largest absolute Gasteiger partial charge is 0.298 e. The first kappa shape index (κ1) is 14.3. The van der Waals surface area contributed by atoms with Crippen molar-refractivity contribution in [1.29, 1.82) is 0 Å². The molecule has 1 amide bonds. The summed E-state index contributed by atoms with van der Waals surface area (Å²) in [6.07, 6.45) is 0. The third-order valence-electron chi connectivity index (χ3n) is 2.74. The van der Waals surface area contributed by atoms with Crippen molar-refractivity contribution >= 4 is 55.8 Å². The van der Waals surface area contributed by atoms with Gasteiger partial charge in [0, 0.05) is 5.02 Å². The topological polar surface area (TPSA) is 42.0 Å². The van der Waals surface area contributed by atoms with Gasteiger partial charge in [0.15, 0.2) is 5.13 Å². The van der Waals surface area contributed by atoms with Crippen molar-refractivity contribution in [3.63, 3.8) is 0 Å². The van der Waals surface area contributed by atoms with E-state index in [1.54, 1.807) is 18.2 Å². The van der Waals surface area contributed by atoms with Crippen molar-refractivity contribution in [2.75, 3.05) is 5.32 Å². The van der Waals surface area contributed by atoms with Gasteiger partial charge in [-0.3, -0.25) is 10.1 Å². The number of carbonyl (C=O) groups excluding carboxylic acids is 1. The monoisotopic (exact) mass is 340 g/mol. The Bertz CT molecular complexity index is 850. The summed E-state index contributed by atoms with van der Waals surface area (Å²) < 4.78 is 13.8. The van der Waals surface area contributed by atoms with Crippen molar-refractivity contribution in [1.82, 2.24) is 4.98 Å². The van der Waals surface area contributed by atoms with E-state index in [2.05, 4.69) is 10.3 Å². The Labute approximate surface area is 133 Å². The molecule has 1 heterocycles. The Morgan fingerprint density at radius 3 is 2.81 bits per heavy atom. The molecule has 0 aliphatic heterocycles. The van der Waals surface area contributed by atoms with Gasteiger partial charge >= 0.3 is 0 Å². The van der Waals surface area contributed by atoms with Crippen LogP contribution >= 0.6 is 34.5 Å². The molecule has 2 aromatic carbocycles. The zero-order valence-electron chi connectivity index (χ0n) is 10.4. The maximum absolute atomic E-state index is 13.1. The first-order valence-electron chi connectivity index (χ1n) is 5.85. The summed E-state index contributed by atoms with van der Waals surface area (Å²) in [5, 5.41) is 3.72. The third-order valence-corrected chi connectivity index (χ3v) is 4.24. The van der Waals surface area contributed by atoms with Crippen LogP contribution in [-0.2, 0) is 0 Å². The molecule has 0 aliphatic rings. The van der Waals surface area contributed by atoms with E-state index in [4.69, 9.17) is 23.2 Å². The Hall–Kier alpha value is -1.69. The predicted molar refractivity (Wildman–Crippen MR) is 84.0 cm³/mol. The average Bonchev–Trinajstić information content (AvgIpc) is 2.82. The molecule has 3 nitrogen and oxygen atoms in total. The zero-order valence-corrected chi connectivity index (χ0v) is 12.7. The van der Waals surface area contributed by atoms with Crippen molar-refractivity contribution in [2.45, 2.75) is 0 Å². The number of fused-ring (bicyclic) bond motifs is 1. The number of aromatic nitrogens is 1. The van der Waals surface area contributed by atoms with Crippen LogP contribution in [0.15, 0.2) is 36.4 Å². The molecule has 0 spiro atoms. The molecule has 0 saturated carbocycles. The Balaban J connectivity index is 1.90. The van der Waals surface area contributed by atoms with Crippen molar-refractivity contribution in [2.24, 2.45) is 0 Å². The third kappa shape index (κ3) is 3.00. The van der Waals surface area contributed by atoms with Crippen LogP contribution in [0, 0.1) is 5.82 Å². The van der Waals surface area contributed by atoms with Crippen molar-refractivity contribution in [3.05, 3.63) is 57.8 Å². The number of hydrogen-bond acceptors (Lipinski definition) is 3. The SMILES string of the molecule is O=C(Nc1nc2ccc(F)cc2s1)c1cc(Cl)ccc1Cl. The molecular weight excluding hydrogens is 334 g/mol. The molecule has 1 N–H and O–H groups in total. The number of carbonyl (C=O) groups is 1. The highest BCUT2D eigenvalue weighted by Gasteiger charge is 2.13. The normalized spacial score (nSPS) is 10.8. The molecule has 106 valence electrons. The first-order valence-corrected chi connectivity index (χ1v) is 7.43. The van der Waals surface area contributed by atoms with Gasteiger partial charge in [-0.1, -0.05) is 34.5 Å². The van der Waals surface area contributed by atoms with Crippen LogP contribution < -0.4 is 5.32 Å². The standard InChI is InChI=1S/C14H7Cl2FN2OS/c15-7-1-3-10(16)9(5-7)13(20)19-14-18-11-4-2-8(17)6-12(11)21-14/h1-6H,(H,18,19,20). The Kier molecular flexibility index (Phi) is 3.80. The lowest BCUT2D eigenvalue weighted by Crippen LogP contribution is -2.12. The second-order valence-corrected chi connectivity index (χ2v) is 6.08. The van der Waals surface area contributed by atoms with E-state index in [0.29, 0.717) is 25.4 Å². The quantitative estimate of drug-likeness (QED) is 0.713. The molecule has 3 rings (SSSR count). The van der Waals surface area contributed by atoms with Crippen LogP contribution in [0.1, 0.15) is 10.4 Å². The summed E-state index contributed by atoms with van der Waals surface area (Å²) in [4.78, 5) is 16.4. The fraction of sp³-hybridized carbons (Fsp3) is 0. The maximum atomic E-state index is 13.1. The summed E-state index contributed by atoms with van der Waals surface area (Å²) in [5.41, 5.74) is 0.878. The molecule has 21 heavy (non-hydrogen) atoms. The van der Waals surface area contributed by atoms with E-state index >= 15 is 0 Å². The fourth-order valence-electron chi connectivity index (χ4n) is 1.79. The van der Waals surface area contributed by atoms with Gasteiger partial charge < -0.3 is 0 Å². The second kappa shape index (κ2) is 5.60. The van der Waals surface area contributed by atoms with E-state index in [0.717, 1.165) is 0 Å². The van der Waals surface area contributed by atoms with Crippen LogP contribution in [0.4, 0.5) is 9.52 Å². The van der Waals surface area contributed by atoms with Gasteiger partial charge in [-0.05, 0) is 36.4 Å². The van der Waals surface area contributed by atoms with Gasteiger partial charge in [0.2, 0.25) is 0 Å². The molecule has 0 unspecified atom stereocenters. The molecule has 0 fully saturated rings. The second-order valence-electron chi connectivity index (χ2n) is 4.21. The first-order chi connectivity index (χ1) is 10.0. The smallest absolute Gasteiger partial charge is 0.259 e. The van der Waals surface area contributed by atoms with Gasteiger partial charge in [0.25, 0.3) is 5.91 Å². The van der Waals surface area contributed by atoms with Crippen molar-refractivity contribution < 1.29 is 9.18 Å². The summed E-state index contributed by atoms with van der Waals surface area (Å²) in [6.45, 7) is 0. The molecule has 0 radical (unpaired) electrons. The number of thiazole rings is 1. The number of nitrogens with one attached hydrogen (secondary N) is 1. The highest BCUT2D eigenvalue weighted by molar-refractivity contribution is 7.22. The number of halogens is 3. The van der Waals surface area contributed by atoms with Crippen LogP contribution in [0.5, 0.6) is 0 Å². The van der Waals surface area contributed by atoms with Gasteiger partial charge in [-0.15, -0.1) is 0 Å². The van der Waals surface area contributed by atoms with Gasteiger partial charge in [-0.25, -0.2) is 9.37 Å². The van der Waals surface area contributed by atoms with Crippen LogP contribution in [0.25, 0.3) is 10.2 Å². The zero-order chi connectivity index (χ0) is 15.0.